The first-order valence-electron chi connectivity index (χ1n) is 7.04. The van der Waals surface area contributed by atoms with E-state index in [1.807, 2.05) is 6.92 Å². The summed E-state index contributed by atoms with van der Waals surface area (Å²) < 4.78 is 25.2. The van der Waals surface area contributed by atoms with Crippen molar-refractivity contribution in [1.29, 1.82) is 0 Å². The summed E-state index contributed by atoms with van der Waals surface area (Å²) in [5.41, 5.74) is 1.34. The molecule has 2 saturated heterocycles. The van der Waals surface area contributed by atoms with Crippen LogP contribution in [0.1, 0.15) is 24.0 Å². The van der Waals surface area contributed by atoms with Gasteiger partial charge in [-0.25, -0.2) is 17.7 Å². The Hall–Kier alpha value is -0.500. The number of hydrogen-bond donors (Lipinski definition) is 0. The molecule has 5 nitrogen and oxygen atoms in total. The summed E-state index contributed by atoms with van der Waals surface area (Å²) in [7, 11) is -2.99. The van der Waals surface area contributed by atoms with Gasteiger partial charge in [0.25, 0.3) is 0 Å². The van der Waals surface area contributed by atoms with Crippen LogP contribution in [0.15, 0.2) is 5.38 Å². The molecule has 3 rings (SSSR count). The lowest BCUT2D eigenvalue weighted by Crippen LogP contribution is -2.59. The van der Waals surface area contributed by atoms with E-state index in [0.717, 1.165) is 36.8 Å². The summed E-state index contributed by atoms with van der Waals surface area (Å²) in [6, 6.07) is 0. The lowest BCUT2D eigenvalue weighted by atomic mass is 9.81. The van der Waals surface area contributed by atoms with Crippen molar-refractivity contribution in [1.82, 2.24) is 14.2 Å². The predicted octanol–water partition coefficient (Wildman–Crippen LogP) is 1.31. The summed E-state index contributed by atoms with van der Waals surface area (Å²) in [6.45, 7) is 8.10. The second-order valence-electron chi connectivity index (χ2n) is 5.99. The van der Waals surface area contributed by atoms with Crippen molar-refractivity contribution in [2.45, 2.75) is 26.8 Å². The van der Waals surface area contributed by atoms with E-state index in [1.54, 1.807) is 22.6 Å². The Bertz CT molecular complexity index is 591. The molecule has 0 atom stereocenters. The average Bonchev–Trinajstić information content (AvgIpc) is 2.95. The normalized spacial score (nSPS) is 23.3. The first-order valence-corrected chi connectivity index (χ1v) is 9.53. The molecule has 3 heterocycles. The van der Waals surface area contributed by atoms with Crippen LogP contribution >= 0.6 is 11.3 Å². The second kappa shape index (κ2) is 5.05. The van der Waals surface area contributed by atoms with Crippen LogP contribution in [-0.2, 0) is 16.6 Å². The molecular formula is C13H21N3O2S2. The molecule has 1 aromatic heterocycles. The molecule has 2 aliphatic rings. The van der Waals surface area contributed by atoms with Gasteiger partial charge in [-0.1, -0.05) is 0 Å². The third-order valence-corrected chi connectivity index (χ3v) is 6.95. The maximum absolute atomic E-state index is 11.8. The molecule has 7 heteroatoms. The third kappa shape index (κ3) is 2.64. The van der Waals surface area contributed by atoms with Crippen molar-refractivity contribution in [2.24, 2.45) is 5.41 Å². The van der Waals surface area contributed by atoms with Crippen molar-refractivity contribution >= 4 is 21.4 Å². The van der Waals surface area contributed by atoms with Crippen molar-refractivity contribution in [3.63, 3.8) is 0 Å². The highest BCUT2D eigenvalue weighted by Gasteiger charge is 2.50. The van der Waals surface area contributed by atoms with Gasteiger partial charge in [0.15, 0.2) is 0 Å². The molecule has 0 saturated carbocycles. The molecular weight excluding hydrogens is 294 g/mol. The molecule has 2 aliphatic heterocycles. The molecule has 20 heavy (non-hydrogen) atoms. The number of hydrogen-bond acceptors (Lipinski definition) is 5. The number of nitrogens with zero attached hydrogens (tertiary/aromatic N) is 3. The van der Waals surface area contributed by atoms with Gasteiger partial charge in [0.1, 0.15) is 0 Å². The van der Waals surface area contributed by atoms with Gasteiger partial charge < -0.3 is 0 Å². The van der Waals surface area contributed by atoms with Crippen LogP contribution in [0.2, 0.25) is 0 Å². The number of rotatable bonds is 4. The van der Waals surface area contributed by atoms with Crippen molar-refractivity contribution in [3.8, 4) is 0 Å². The predicted molar refractivity (Wildman–Crippen MR) is 80.2 cm³/mol. The molecule has 0 amide bonds. The molecule has 112 valence electrons. The van der Waals surface area contributed by atoms with E-state index in [9.17, 15) is 8.42 Å². The first kappa shape index (κ1) is 14.4. The lowest BCUT2D eigenvalue weighted by molar-refractivity contribution is 0.0770. The highest BCUT2D eigenvalue weighted by Crippen LogP contribution is 2.41. The molecule has 0 N–H and O–H groups in total. The van der Waals surface area contributed by atoms with Crippen LogP contribution in [0, 0.1) is 12.3 Å². The number of aromatic nitrogens is 1. The maximum Gasteiger partial charge on any atom is 0.213 e. The van der Waals surface area contributed by atoms with Gasteiger partial charge in [0.2, 0.25) is 10.0 Å². The second-order valence-corrected chi connectivity index (χ2v) is 9.31. The fraction of sp³-hybridized carbons (Fsp3) is 0.769. The minimum Gasteiger partial charge on any atom is -0.297 e. The van der Waals surface area contributed by atoms with Crippen LogP contribution in [0.3, 0.4) is 0 Å². The summed E-state index contributed by atoms with van der Waals surface area (Å²) in [6.07, 6.45) is 1.10. The van der Waals surface area contributed by atoms with Crippen LogP contribution in [0.25, 0.3) is 0 Å². The number of likely N-dealkylation sites (tertiary alicyclic amines) is 1. The Morgan fingerprint density at radius 1 is 1.40 bits per heavy atom. The zero-order chi connectivity index (χ0) is 14.4. The SMILES string of the molecule is CCS(=O)(=O)N1CC2(CCN(Cc3csc(C)n3)C2)C1. The van der Waals surface area contributed by atoms with Gasteiger partial charge in [-0.15, -0.1) is 11.3 Å². The van der Waals surface area contributed by atoms with Crippen LogP contribution in [0.4, 0.5) is 0 Å². The minimum atomic E-state index is -2.99. The van der Waals surface area contributed by atoms with Crippen LogP contribution < -0.4 is 0 Å². The summed E-state index contributed by atoms with van der Waals surface area (Å²) in [5.74, 6) is 0.213. The van der Waals surface area contributed by atoms with E-state index in [2.05, 4.69) is 15.3 Å². The van der Waals surface area contributed by atoms with Gasteiger partial charge in [-0.3, -0.25) is 4.90 Å². The van der Waals surface area contributed by atoms with Gasteiger partial charge in [-0.2, -0.15) is 0 Å². The van der Waals surface area contributed by atoms with E-state index in [1.165, 1.54) is 0 Å². The first-order chi connectivity index (χ1) is 9.42. The van der Waals surface area contributed by atoms with Crippen LogP contribution in [-0.4, -0.2) is 54.5 Å². The topological polar surface area (TPSA) is 53.5 Å². The van der Waals surface area contributed by atoms with Crippen LogP contribution in [0.5, 0.6) is 0 Å². The summed E-state index contributed by atoms with van der Waals surface area (Å²) in [4.78, 5) is 6.91. The molecule has 1 aromatic rings. The zero-order valence-electron chi connectivity index (χ0n) is 12.0. The quantitative estimate of drug-likeness (QED) is 0.841. The number of thiazole rings is 1. The molecule has 1 spiro atoms. The average molecular weight is 315 g/mol. The minimum absolute atomic E-state index is 0.202. The van der Waals surface area contributed by atoms with E-state index < -0.39 is 10.0 Å². The largest absolute Gasteiger partial charge is 0.297 e. The van der Waals surface area contributed by atoms with Crippen molar-refractivity contribution < 1.29 is 8.42 Å². The van der Waals surface area contributed by atoms with Gasteiger partial charge in [0.05, 0.1) is 16.5 Å². The highest BCUT2D eigenvalue weighted by molar-refractivity contribution is 7.89. The lowest BCUT2D eigenvalue weighted by Gasteiger charge is -2.46. The van der Waals surface area contributed by atoms with E-state index in [4.69, 9.17) is 0 Å². The van der Waals surface area contributed by atoms with Gasteiger partial charge in [0, 0.05) is 37.0 Å². The summed E-state index contributed by atoms with van der Waals surface area (Å²) in [5, 5.41) is 3.23. The molecule has 0 bridgehead atoms. The smallest absolute Gasteiger partial charge is 0.213 e. The van der Waals surface area contributed by atoms with E-state index in [-0.39, 0.29) is 11.2 Å². The third-order valence-electron chi connectivity index (χ3n) is 4.35. The Morgan fingerprint density at radius 3 is 2.75 bits per heavy atom. The molecule has 0 unspecified atom stereocenters. The Morgan fingerprint density at radius 2 is 2.15 bits per heavy atom. The number of aryl methyl sites for hydroxylation is 1. The molecule has 2 fully saturated rings. The van der Waals surface area contributed by atoms with E-state index >= 15 is 0 Å². The molecule has 0 radical (unpaired) electrons. The molecule has 0 aromatic carbocycles. The Labute approximate surface area is 124 Å². The highest BCUT2D eigenvalue weighted by atomic mass is 32.2. The Balaban J connectivity index is 1.56. The maximum atomic E-state index is 11.8. The van der Waals surface area contributed by atoms with Crippen molar-refractivity contribution in [2.75, 3.05) is 31.9 Å². The van der Waals surface area contributed by atoms with Gasteiger partial charge >= 0.3 is 0 Å². The fourth-order valence-corrected chi connectivity index (χ4v) is 5.12. The zero-order valence-corrected chi connectivity index (χ0v) is 13.6. The van der Waals surface area contributed by atoms with Gasteiger partial charge in [-0.05, 0) is 26.8 Å². The molecule has 0 aliphatic carbocycles. The van der Waals surface area contributed by atoms with E-state index in [0.29, 0.717) is 13.1 Å². The monoisotopic (exact) mass is 315 g/mol. The Kier molecular flexibility index (Phi) is 3.64. The summed E-state index contributed by atoms with van der Waals surface area (Å²) >= 11 is 1.69. The van der Waals surface area contributed by atoms with Crippen molar-refractivity contribution in [3.05, 3.63) is 16.1 Å². The fourth-order valence-electron chi connectivity index (χ4n) is 3.21. The number of sulfonamides is 1. The standard InChI is InChI=1S/C13H21N3O2S2/c1-3-20(17,18)16-9-13(10-16)4-5-15(8-13)6-12-7-19-11(2)14-12/h7H,3-6,8-10H2,1-2H3.